The van der Waals surface area contributed by atoms with E-state index in [0.29, 0.717) is 37.0 Å². The Morgan fingerprint density at radius 1 is 1.07 bits per heavy atom. The van der Waals surface area contributed by atoms with Crippen molar-refractivity contribution in [2.45, 2.75) is 26.8 Å². The third kappa shape index (κ3) is 5.67. The molecule has 1 N–H and O–H groups in total. The van der Waals surface area contributed by atoms with Gasteiger partial charge in [0.25, 0.3) is 11.8 Å². The summed E-state index contributed by atoms with van der Waals surface area (Å²) in [5, 5.41) is 4.64. The molecule has 1 fully saturated rings. The van der Waals surface area contributed by atoms with Crippen molar-refractivity contribution in [1.29, 1.82) is 0 Å². The smallest absolute Gasteiger partial charge is 0.339 e. The average molecular weight is 415 g/mol. The fourth-order valence-electron chi connectivity index (χ4n) is 3.71. The Morgan fingerprint density at radius 3 is 2.41 bits per heavy atom. The van der Waals surface area contributed by atoms with E-state index in [1.165, 1.54) is 0 Å². The summed E-state index contributed by atoms with van der Waals surface area (Å²) >= 11 is 1.54. The molecule has 1 saturated heterocycles. The molecule has 0 bridgehead atoms. The van der Waals surface area contributed by atoms with Crippen LogP contribution in [0.4, 0.5) is 0 Å². The molecule has 6 nitrogen and oxygen atoms in total. The van der Waals surface area contributed by atoms with Crippen LogP contribution in [0.2, 0.25) is 0 Å². The van der Waals surface area contributed by atoms with Crippen LogP contribution in [0.5, 0.6) is 0 Å². The van der Waals surface area contributed by atoms with Crippen LogP contribution in [-0.4, -0.2) is 42.4 Å². The third-order valence-corrected chi connectivity index (χ3v) is 5.78. The van der Waals surface area contributed by atoms with Gasteiger partial charge in [-0.1, -0.05) is 32.0 Å². The normalized spacial score (nSPS) is 18.9. The Bertz CT molecular complexity index is 855. The van der Waals surface area contributed by atoms with Gasteiger partial charge in [-0.05, 0) is 41.8 Å². The van der Waals surface area contributed by atoms with Gasteiger partial charge in [-0.25, -0.2) is 4.79 Å². The quantitative estimate of drug-likeness (QED) is 0.736. The van der Waals surface area contributed by atoms with Crippen LogP contribution in [0.1, 0.15) is 45.9 Å². The number of carbonyl (C=O) groups excluding carboxylic acids is 3. The first-order valence-electron chi connectivity index (χ1n) is 9.78. The lowest BCUT2D eigenvalue weighted by molar-refractivity contribution is -0.124. The summed E-state index contributed by atoms with van der Waals surface area (Å²) in [6.45, 7) is 5.63. The van der Waals surface area contributed by atoms with Gasteiger partial charge in [0, 0.05) is 18.0 Å². The standard InChI is InChI=1S/C22H26N2O4S/c1-15-10-16(2)13-24(12-15)21(26)18-7-3-4-8-19(18)22(27)28-14-20(25)23-11-17-6-5-9-29-17/h3-9,15-16H,10-14H2,1-2H3,(H,23,25)/t15-,16+. The minimum atomic E-state index is -0.668. The molecule has 3 rings (SSSR count). The Balaban J connectivity index is 1.61. The topological polar surface area (TPSA) is 75.7 Å². The molecule has 1 aliphatic heterocycles. The molecule has 2 amide bonds. The van der Waals surface area contributed by atoms with Crippen molar-refractivity contribution in [2.24, 2.45) is 11.8 Å². The second-order valence-corrected chi connectivity index (χ2v) is 8.67. The predicted octanol–water partition coefficient (Wildman–Crippen LogP) is 3.34. The van der Waals surface area contributed by atoms with Gasteiger partial charge in [-0.3, -0.25) is 9.59 Å². The van der Waals surface area contributed by atoms with Crippen LogP contribution in [0, 0.1) is 11.8 Å². The van der Waals surface area contributed by atoms with Crippen LogP contribution < -0.4 is 5.32 Å². The van der Waals surface area contributed by atoms with E-state index in [1.54, 1.807) is 40.5 Å². The van der Waals surface area contributed by atoms with E-state index in [4.69, 9.17) is 4.74 Å². The zero-order chi connectivity index (χ0) is 20.8. The van der Waals surface area contributed by atoms with Crippen LogP contribution >= 0.6 is 11.3 Å². The van der Waals surface area contributed by atoms with E-state index in [-0.39, 0.29) is 24.0 Å². The highest BCUT2D eigenvalue weighted by Gasteiger charge is 2.28. The third-order valence-electron chi connectivity index (χ3n) is 4.91. The zero-order valence-electron chi connectivity index (χ0n) is 16.7. The maximum absolute atomic E-state index is 13.0. The summed E-state index contributed by atoms with van der Waals surface area (Å²) < 4.78 is 5.16. The van der Waals surface area contributed by atoms with E-state index >= 15 is 0 Å². The van der Waals surface area contributed by atoms with Gasteiger partial charge >= 0.3 is 5.97 Å². The molecule has 154 valence electrons. The van der Waals surface area contributed by atoms with Gasteiger partial charge in [0.1, 0.15) is 0 Å². The molecule has 0 saturated carbocycles. The number of carbonyl (C=O) groups is 3. The minimum Gasteiger partial charge on any atom is -0.452 e. The molecule has 1 aliphatic rings. The molecular weight excluding hydrogens is 388 g/mol. The van der Waals surface area contributed by atoms with Crippen LogP contribution in [0.15, 0.2) is 41.8 Å². The molecule has 1 aromatic heterocycles. The number of thiophene rings is 1. The fraction of sp³-hybridized carbons (Fsp3) is 0.409. The van der Waals surface area contributed by atoms with Crippen molar-refractivity contribution < 1.29 is 19.1 Å². The molecule has 29 heavy (non-hydrogen) atoms. The first-order valence-corrected chi connectivity index (χ1v) is 10.7. The Morgan fingerprint density at radius 2 is 1.76 bits per heavy atom. The van der Waals surface area contributed by atoms with Crippen molar-refractivity contribution in [2.75, 3.05) is 19.7 Å². The highest BCUT2D eigenvalue weighted by molar-refractivity contribution is 7.09. The number of hydrogen-bond acceptors (Lipinski definition) is 5. The second-order valence-electron chi connectivity index (χ2n) is 7.63. The Hall–Kier alpha value is -2.67. The van der Waals surface area contributed by atoms with E-state index in [1.807, 2.05) is 17.5 Å². The number of likely N-dealkylation sites (tertiary alicyclic amines) is 1. The summed E-state index contributed by atoms with van der Waals surface area (Å²) in [7, 11) is 0. The Kier molecular flexibility index (Phi) is 7.04. The fourth-order valence-corrected chi connectivity index (χ4v) is 4.35. The minimum absolute atomic E-state index is 0.168. The lowest BCUT2D eigenvalue weighted by Crippen LogP contribution is -2.43. The van der Waals surface area contributed by atoms with Crippen molar-refractivity contribution in [3.63, 3.8) is 0 Å². The van der Waals surface area contributed by atoms with E-state index < -0.39 is 5.97 Å². The number of amides is 2. The number of esters is 1. The van der Waals surface area contributed by atoms with Gasteiger partial charge in [-0.2, -0.15) is 0 Å². The second kappa shape index (κ2) is 9.69. The molecule has 0 unspecified atom stereocenters. The molecule has 2 heterocycles. The number of benzene rings is 1. The molecule has 0 spiro atoms. The van der Waals surface area contributed by atoms with Gasteiger partial charge < -0.3 is 15.0 Å². The summed E-state index contributed by atoms with van der Waals surface area (Å²) in [5.41, 5.74) is 0.507. The summed E-state index contributed by atoms with van der Waals surface area (Å²) in [5.74, 6) is -0.367. The van der Waals surface area contributed by atoms with Crippen LogP contribution in [-0.2, 0) is 16.1 Å². The lowest BCUT2D eigenvalue weighted by Gasteiger charge is -2.35. The summed E-state index contributed by atoms with van der Waals surface area (Å²) in [4.78, 5) is 40.4. The Labute approximate surface area is 174 Å². The molecule has 0 aliphatic carbocycles. The van der Waals surface area contributed by atoms with E-state index in [9.17, 15) is 14.4 Å². The maximum atomic E-state index is 13.0. The van der Waals surface area contributed by atoms with E-state index in [0.717, 1.165) is 11.3 Å². The average Bonchev–Trinajstić information content (AvgIpc) is 3.23. The molecule has 2 aromatic rings. The number of piperidine rings is 1. The molecule has 7 heteroatoms. The largest absolute Gasteiger partial charge is 0.452 e. The van der Waals surface area contributed by atoms with Crippen molar-refractivity contribution in [3.8, 4) is 0 Å². The van der Waals surface area contributed by atoms with Gasteiger partial charge in [-0.15, -0.1) is 11.3 Å². The van der Waals surface area contributed by atoms with Crippen LogP contribution in [0.25, 0.3) is 0 Å². The van der Waals surface area contributed by atoms with Crippen LogP contribution in [0.3, 0.4) is 0 Å². The number of rotatable bonds is 6. The number of hydrogen-bond donors (Lipinski definition) is 1. The van der Waals surface area contributed by atoms with Crippen molar-refractivity contribution in [1.82, 2.24) is 10.2 Å². The highest BCUT2D eigenvalue weighted by Crippen LogP contribution is 2.23. The van der Waals surface area contributed by atoms with Crippen molar-refractivity contribution in [3.05, 3.63) is 57.8 Å². The number of nitrogens with zero attached hydrogens (tertiary/aromatic N) is 1. The summed E-state index contributed by atoms with van der Waals surface area (Å²) in [6.07, 6.45) is 1.09. The SMILES string of the molecule is C[C@@H]1C[C@H](C)CN(C(=O)c2ccccc2C(=O)OCC(=O)NCc2cccs2)C1. The first-order chi connectivity index (χ1) is 13.9. The highest BCUT2D eigenvalue weighted by atomic mass is 32.1. The summed E-state index contributed by atoms with van der Waals surface area (Å²) in [6, 6.07) is 10.4. The number of ether oxygens (including phenoxy) is 1. The van der Waals surface area contributed by atoms with Gasteiger partial charge in [0.2, 0.25) is 0 Å². The maximum Gasteiger partial charge on any atom is 0.339 e. The molecular formula is C22H26N2O4S. The molecule has 1 aromatic carbocycles. The van der Waals surface area contributed by atoms with E-state index in [2.05, 4.69) is 19.2 Å². The molecule has 2 atom stereocenters. The number of nitrogens with one attached hydrogen (secondary N) is 1. The predicted molar refractivity (Wildman–Crippen MR) is 112 cm³/mol. The molecule has 0 radical (unpaired) electrons. The van der Waals surface area contributed by atoms with Crippen molar-refractivity contribution >= 4 is 29.1 Å². The zero-order valence-corrected chi connectivity index (χ0v) is 17.5. The van der Waals surface area contributed by atoms with Gasteiger partial charge in [0.05, 0.1) is 17.7 Å². The van der Waals surface area contributed by atoms with Gasteiger partial charge in [0.15, 0.2) is 6.61 Å². The lowest BCUT2D eigenvalue weighted by atomic mass is 9.91. The monoisotopic (exact) mass is 414 g/mol. The first kappa shape index (κ1) is 21.0.